The largest absolute Gasteiger partial charge is 0.497 e. The molecule has 2 N–H and O–H groups in total. The molecule has 1 unspecified atom stereocenters. The molecule has 172 valence electrons. The molecular formula is C22H22FN5O4S. The predicted octanol–water partition coefficient (Wildman–Crippen LogP) is 4.32. The monoisotopic (exact) mass is 471 g/mol. The van der Waals surface area contributed by atoms with Crippen LogP contribution in [0.15, 0.2) is 42.5 Å². The third-order valence-corrected chi connectivity index (χ3v) is 6.21. The zero-order valence-electron chi connectivity index (χ0n) is 18.0. The van der Waals surface area contributed by atoms with Gasteiger partial charge in [0.25, 0.3) is 5.91 Å². The second kappa shape index (κ2) is 9.82. The number of halogens is 1. The summed E-state index contributed by atoms with van der Waals surface area (Å²) in [5.74, 6) is 0.263. The van der Waals surface area contributed by atoms with Crippen LogP contribution in [0.4, 0.5) is 20.6 Å². The maximum absolute atomic E-state index is 13.1. The van der Waals surface area contributed by atoms with Gasteiger partial charge in [0, 0.05) is 18.3 Å². The highest BCUT2D eigenvalue weighted by atomic mass is 32.1. The van der Waals surface area contributed by atoms with E-state index in [1.807, 2.05) is 0 Å². The summed E-state index contributed by atoms with van der Waals surface area (Å²) in [7, 11) is 3.07. The highest BCUT2D eigenvalue weighted by Gasteiger charge is 2.33. The molecule has 1 fully saturated rings. The van der Waals surface area contributed by atoms with E-state index in [2.05, 4.69) is 20.8 Å². The molecule has 0 saturated carbocycles. The summed E-state index contributed by atoms with van der Waals surface area (Å²) < 4.78 is 23.6. The number of methoxy groups -OCH3 is 2. The van der Waals surface area contributed by atoms with Gasteiger partial charge in [0.1, 0.15) is 22.3 Å². The van der Waals surface area contributed by atoms with Gasteiger partial charge in [0.05, 0.1) is 25.9 Å². The first-order chi connectivity index (χ1) is 16.0. The summed E-state index contributed by atoms with van der Waals surface area (Å²) >= 11 is 1.13. The van der Waals surface area contributed by atoms with Gasteiger partial charge < -0.3 is 25.0 Å². The number of amides is 3. The summed E-state index contributed by atoms with van der Waals surface area (Å²) in [6.45, 7) is 0.547. The van der Waals surface area contributed by atoms with E-state index >= 15 is 0 Å². The number of nitrogens with zero attached hydrogens (tertiary/aromatic N) is 3. The zero-order valence-corrected chi connectivity index (χ0v) is 18.8. The number of rotatable bonds is 6. The topological polar surface area (TPSA) is 106 Å². The SMILES string of the molecule is COc1ccc(NC(=O)N2CCCC2c2nnc(C(=O)Nc3ccc(F)cc3)s2)c(OC)c1. The minimum Gasteiger partial charge on any atom is -0.497 e. The summed E-state index contributed by atoms with van der Waals surface area (Å²) in [4.78, 5) is 27.2. The molecule has 0 spiro atoms. The first-order valence-corrected chi connectivity index (χ1v) is 11.0. The lowest BCUT2D eigenvalue weighted by molar-refractivity contribution is 0.102. The Morgan fingerprint density at radius 3 is 2.61 bits per heavy atom. The Kier molecular flexibility index (Phi) is 6.68. The highest BCUT2D eigenvalue weighted by Crippen LogP contribution is 2.35. The lowest BCUT2D eigenvalue weighted by Gasteiger charge is -2.23. The Balaban J connectivity index is 1.45. The third-order valence-electron chi connectivity index (χ3n) is 5.19. The first kappa shape index (κ1) is 22.5. The van der Waals surface area contributed by atoms with Crippen molar-refractivity contribution < 1.29 is 23.5 Å². The minimum absolute atomic E-state index is 0.165. The van der Waals surface area contributed by atoms with Gasteiger partial charge in [-0.3, -0.25) is 4.79 Å². The number of carbonyl (C=O) groups excluding carboxylic acids is 2. The second-order valence-electron chi connectivity index (χ2n) is 7.25. The van der Waals surface area contributed by atoms with Crippen LogP contribution in [0.25, 0.3) is 0 Å². The molecule has 4 rings (SSSR count). The molecule has 11 heteroatoms. The van der Waals surface area contributed by atoms with Gasteiger partial charge in [0.15, 0.2) is 0 Å². The fourth-order valence-corrected chi connectivity index (χ4v) is 4.42. The highest BCUT2D eigenvalue weighted by molar-refractivity contribution is 7.13. The van der Waals surface area contributed by atoms with Crippen LogP contribution in [0.1, 0.15) is 33.7 Å². The van der Waals surface area contributed by atoms with Crippen molar-refractivity contribution in [2.24, 2.45) is 0 Å². The summed E-state index contributed by atoms with van der Waals surface area (Å²) in [5.41, 5.74) is 0.971. The molecule has 1 aliphatic rings. The van der Waals surface area contributed by atoms with Gasteiger partial charge in [-0.05, 0) is 49.2 Å². The fraction of sp³-hybridized carbons (Fsp3) is 0.273. The van der Waals surface area contributed by atoms with Crippen molar-refractivity contribution in [3.05, 3.63) is 58.3 Å². The summed E-state index contributed by atoms with van der Waals surface area (Å²) in [6.07, 6.45) is 1.51. The van der Waals surface area contributed by atoms with Crippen molar-refractivity contribution in [3.63, 3.8) is 0 Å². The lowest BCUT2D eigenvalue weighted by atomic mass is 10.2. The standard InChI is InChI=1S/C22H22FN5O4S/c1-31-15-9-10-16(18(12-15)32-2)25-22(30)28-11-3-4-17(28)20-26-27-21(33-20)19(29)24-14-7-5-13(23)6-8-14/h5-10,12,17H,3-4,11H2,1-2H3,(H,24,29)(H,25,30). The smallest absolute Gasteiger partial charge is 0.322 e. The molecule has 0 bridgehead atoms. The Morgan fingerprint density at radius 2 is 1.88 bits per heavy atom. The molecule has 1 atom stereocenters. The number of carbonyl (C=O) groups is 2. The number of ether oxygens (including phenoxy) is 2. The zero-order chi connectivity index (χ0) is 23.4. The number of urea groups is 1. The van der Waals surface area contributed by atoms with Crippen molar-refractivity contribution in [3.8, 4) is 11.5 Å². The molecule has 33 heavy (non-hydrogen) atoms. The van der Waals surface area contributed by atoms with Crippen molar-refractivity contribution >= 4 is 34.6 Å². The summed E-state index contributed by atoms with van der Waals surface area (Å²) in [5, 5.41) is 14.4. The number of hydrogen-bond donors (Lipinski definition) is 2. The number of anilines is 2. The molecule has 0 radical (unpaired) electrons. The van der Waals surface area contributed by atoms with Crippen molar-refractivity contribution in [1.82, 2.24) is 15.1 Å². The number of nitrogens with one attached hydrogen (secondary N) is 2. The van der Waals surface area contributed by atoms with E-state index in [0.29, 0.717) is 40.8 Å². The van der Waals surface area contributed by atoms with E-state index in [4.69, 9.17) is 9.47 Å². The molecule has 3 amide bonds. The summed E-state index contributed by atoms with van der Waals surface area (Å²) in [6, 6.07) is 9.99. The van der Waals surface area contributed by atoms with Crippen molar-refractivity contribution in [2.45, 2.75) is 18.9 Å². The molecule has 1 aliphatic heterocycles. The molecule has 0 aliphatic carbocycles. The maximum Gasteiger partial charge on any atom is 0.322 e. The molecule has 1 aromatic heterocycles. The fourth-order valence-electron chi connectivity index (χ4n) is 3.53. The number of likely N-dealkylation sites (tertiary alicyclic amines) is 1. The van der Waals surface area contributed by atoms with Gasteiger partial charge in [-0.1, -0.05) is 11.3 Å². The Labute approximate surface area is 193 Å². The van der Waals surface area contributed by atoms with Crippen LogP contribution in [-0.4, -0.2) is 47.8 Å². The number of hydrogen-bond acceptors (Lipinski definition) is 7. The van der Waals surface area contributed by atoms with Gasteiger partial charge in [-0.2, -0.15) is 0 Å². The average molecular weight is 472 g/mol. The van der Waals surface area contributed by atoms with Crippen molar-refractivity contribution in [1.29, 1.82) is 0 Å². The average Bonchev–Trinajstić information content (AvgIpc) is 3.50. The normalized spacial score (nSPS) is 15.2. The Hall–Kier alpha value is -3.73. The second-order valence-corrected chi connectivity index (χ2v) is 8.26. The first-order valence-electron chi connectivity index (χ1n) is 10.2. The number of aromatic nitrogens is 2. The van der Waals surface area contributed by atoms with Gasteiger partial charge in [0.2, 0.25) is 5.01 Å². The lowest BCUT2D eigenvalue weighted by Crippen LogP contribution is -2.34. The van der Waals surface area contributed by atoms with Gasteiger partial charge in [-0.25, -0.2) is 9.18 Å². The van der Waals surface area contributed by atoms with E-state index < -0.39 is 11.7 Å². The van der Waals surface area contributed by atoms with Crippen LogP contribution in [0, 0.1) is 5.82 Å². The predicted molar refractivity (Wildman–Crippen MR) is 122 cm³/mol. The van der Waals surface area contributed by atoms with Crippen LogP contribution >= 0.6 is 11.3 Å². The number of benzene rings is 2. The van der Waals surface area contributed by atoms with Crippen LogP contribution in [0.2, 0.25) is 0 Å². The molecule has 3 aromatic rings. The van der Waals surface area contributed by atoms with E-state index in [1.165, 1.54) is 31.4 Å². The van der Waals surface area contributed by atoms with E-state index in [0.717, 1.165) is 17.8 Å². The van der Waals surface area contributed by atoms with E-state index in [-0.39, 0.29) is 17.1 Å². The quantitative estimate of drug-likeness (QED) is 0.555. The van der Waals surface area contributed by atoms with Gasteiger partial charge in [-0.15, -0.1) is 10.2 Å². The molecular weight excluding hydrogens is 449 g/mol. The van der Waals surface area contributed by atoms with Crippen LogP contribution in [0.3, 0.4) is 0 Å². The van der Waals surface area contributed by atoms with Crippen LogP contribution in [0.5, 0.6) is 11.5 Å². The third kappa shape index (κ3) is 5.03. The van der Waals surface area contributed by atoms with Crippen LogP contribution in [-0.2, 0) is 0 Å². The molecule has 2 heterocycles. The van der Waals surface area contributed by atoms with Crippen molar-refractivity contribution in [2.75, 3.05) is 31.4 Å². The molecule has 2 aromatic carbocycles. The van der Waals surface area contributed by atoms with Gasteiger partial charge >= 0.3 is 6.03 Å². The Morgan fingerprint density at radius 1 is 1.09 bits per heavy atom. The van der Waals surface area contributed by atoms with E-state index in [9.17, 15) is 14.0 Å². The van der Waals surface area contributed by atoms with E-state index in [1.54, 1.807) is 30.2 Å². The Bertz CT molecular complexity index is 1150. The van der Waals surface area contributed by atoms with Crippen LogP contribution < -0.4 is 20.1 Å². The molecule has 9 nitrogen and oxygen atoms in total. The molecule has 1 saturated heterocycles. The maximum atomic E-state index is 13.1. The minimum atomic E-state index is -0.442.